The molecule has 0 aliphatic carbocycles. The number of para-hydroxylation sites is 1. The molecule has 114 valence electrons. The fraction of sp³-hybridized carbons (Fsp3) is 0. The monoisotopic (exact) mass is 310 g/mol. The second-order valence-corrected chi connectivity index (χ2v) is 4.69. The Labute approximate surface area is 129 Å². The van der Waals surface area contributed by atoms with Gasteiger partial charge in [0.2, 0.25) is 0 Å². The minimum absolute atomic E-state index is 0.117. The fourth-order valence-electron chi connectivity index (χ4n) is 2.12. The van der Waals surface area contributed by atoms with Gasteiger partial charge in [-0.3, -0.25) is 10.1 Å². The number of pyridine rings is 1. The third-order valence-corrected chi connectivity index (χ3v) is 3.18. The van der Waals surface area contributed by atoms with E-state index in [4.69, 9.17) is 4.42 Å². The second-order valence-electron chi connectivity index (χ2n) is 4.69. The van der Waals surface area contributed by atoms with Crippen molar-refractivity contribution >= 4 is 34.9 Å². The standard InChI is InChI=1S/C16H10N2O5/c19-16(20)13-3-1-2-10-4-5-11(17-15(10)13)6-7-12-8-9-14(23-12)18(21)22/h1-9H,(H,19,20). The molecule has 0 aliphatic rings. The molecule has 0 aliphatic heterocycles. The molecule has 7 nitrogen and oxygen atoms in total. The largest absolute Gasteiger partial charge is 0.478 e. The number of rotatable bonds is 4. The van der Waals surface area contributed by atoms with E-state index in [1.165, 1.54) is 24.3 Å². The summed E-state index contributed by atoms with van der Waals surface area (Å²) in [5, 5.41) is 20.5. The normalized spacial score (nSPS) is 11.1. The molecular formula is C16H10N2O5. The van der Waals surface area contributed by atoms with E-state index in [0.717, 1.165) is 5.39 Å². The van der Waals surface area contributed by atoms with Crippen LogP contribution in [0.1, 0.15) is 21.8 Å². The number of nitro groups is 1. The predicted octanol–water partition coefficient (Wildman–Crippen LogP) is 3.60. The molecule has 2 aromatic heterocycles. The van der Waals surface area contributed by atoms with E-state index in [0.29, 0.717) is 17.0 Å². The Morgan fingerprint density at radius 3 is 2.70 bits per heavy atom. The fourth-order valence-corrected chi connectivity index (χ4v) is 2.12. The third-order valence-electron chi connectivity index (χ3n) is 3.18. The van der Waals surface area contributed by atoms with Crippen molar-refractivity contribution < 1.29 is 19.2 Å². The number of carbonyl (C=O) groups is 1. The number of aromatic carboxylic acids is 1. The van der Waals surface area contributed by atoms with Gasteiger partial charge in [0.1, 0.15) is 10.7 Å². The molecule has 0 spiro atoms. The number of nitrogens with zero attached hydrogens (tertiary/aromatic N) is 2. The van der Waals surface area contributed by atoms with Crippen molar-refractivity contribution in [2.45, 2.75) is 0 Å². The van der Waals surface area contributed by atoms with Gasteiger partial charge < -0.3 is 9.52 Å². The van der Waals surface area contributed by atoms with Crippen LogP contribution in [0.3, 0.4) is 0 Å². The average molecular weight is 310 g/mol. The van der Waals surface area contributed by atoms with Crippen LogP contribution in [0.2, 0.25) is 0 Å². The van der Waals surface area contributed by atoms with Gasteiger partial charge in [-0.05, 0) is 30.4 Å². The maximum atomic E-state index is 11.2. The van der Waals surface area contributed by atoms with Crippen molar-refractivity contribution in [1.82, 2.24) is 4.98 Å². The van der Waals surface area contributed by atoms with Gasteiger partial charge in [0.05, 0.1) is 22.8 Å². The van der Waals surface area contributed by atoms with E-state index in [-0.39, 0.29) is 11.4 Å². The van der Waals surface area contributed by atoms with Crippen LogP contribution in [0, 0.1) is 10.1 Å². The van der Waals surface area contributed by atoms with E-state index in [9.17, 15) is 20.0 Å². The van der Waals surface area contributed by atoms with Crippen molar-refractivity contribution in [1.29, 1.82) is 0 Å². The van der Waals surface area contributed by atoms with Gasteiger partial charge in [-0.15, -0.1) is 0 Å². The number of carboxylic acids is 1. The zero-order valence-corrected chi connectivity index (χ0v) is 11.7. The molecule has 0 amide bonds. The minimum atomic E-state index is -1.05. The highest BCUT2D eigenvalue weighted by Crippen LogP contribution is 2.20. The predicted molar refractivity (Wildman–Crippen MR) is 83.0 cm³/mol. The Kier molecular flexibility index (Phi) is 3.60. The van der Waals surface area contributed by atoms with Crippen LogP contribution < -0.4 is 0 Å². The quantitative estimate of drug-likeness (QED) is 0.582. The van der Waals surface area contributed by atoms with Crippen molar-refractivity contribution in [3.05, 3.63) is 69.6 Å². The molecule has 0 fully saturated rings. The third kappa shape index (κ3) is 2.93. The molecule has 1 N–H and O–H groups in total. The number of hydrogen-bond donors (Lipinski definition) is 1. The van der Waals surface area contributed by atoms with Gasteiger partial charge >= 0.3 is 11.9 Å². The first-order chi connectivity index (χ1) is 11.0. The molecule has 0 unspecified atom stereocenters. The summed E-state index contributed by atoms with van der Waals surface area (Å²) in [5.74, 6) is -1.08. The summed E-state index contributed by atoms with van der Waals surface area (Å²) >= 11 is 0. The van der Waals surface area contributed by atoms with Crippen molar-refractivity contribution in [3.63, 3.8) is 0 Å². The first-order valence-electron chi connectivity index (χ1n) is 6.60. The van der Waals surface area contributed by atoms with Gasteiger partial charge in [-0.1, -0.05) is 18.2 Å². The lowest BCUT2D eigenvalue weighted by molar-refractivity contribution is -0.402. The van der Waals surface area contributed by atoms with E-state index >= 15 is 0 Å². The van der Waals surface area contributed by atoms with Crippen molar-refractivity contribution in [2.24, 2.45) is 0 Å². The molecule has 3 rings (SSSR count). The maximum absolute atomic E-state index is 11.2. The highest BCUT2D eigenvalue weighted by atomic mass is 16.6. The highest BCUT2D eigenvalue weighted by molar-refractivity contribution is 6.01. The van der Waals surface area contributed by atoms with E-state index in [1.807, 2.05) is 0 Å². The minimum Gasteiger partial charge on any atom is -0.478 e. The van der Waals surface area contributed by atoms with Crippen LogP contribution in [0.4, 0.5) is 5.88 Å². The lowest BCUT2D eigenvalue weighted by Gasteiger charge is -2.02. The van der Waals surface area contributed by atoms with Crippen LogP contribution in [0.15, 0.2) is 46.9 Å². The first-order valence-corrected chi connectivity index (χ1v) is 6.60. The number of hydrogen-bond acceptors (Lipinski definition) is 5. The number of fused-ring (bicyclic) bond motifs is 1. The summed E-state index contributed by atoms with van der Waals surface area (Å²) in [6.07, 6.45) is 3.13. The maximum Gasteiger partial charge on any atom is 0.433 e. The molecule has 0 saturated heterocycles. The topological polar surface area (TPSA) is 106 Å². The van der Waals surface area contributed by atoms with Crippen LogP contribution >= 0.6 is 0 Å². The smallest absolute Gasteiger partial charge is 0.433 e. The first kappa shape index (κ1) is 14.5. The van der Waals surface area contributed by atoms with Crippen LogP contribution in [0.25, 0.3) is 23.1 Å². The van der Waals surface area contributed by atoms with Crippen molar-refractivity contribution in [3.8, 4) is 0 Å². The van der Waals surface area contributed by atoms with Crippen LogP contribution in [-0.2, 0) is 0 Å². The Morgan fingerprint density at radius 2 is 2.00 bits per heavy atom. The highest BCUT2D eigenvalue weighted by Gasteiger charge is 2.11. The van der Waals surface area contributed by atoms with Gasteiger partial charge in [0.25, 0.3) is 0 Å². The average Bonchev–Trinajstić information content (AvgIpc) is 3.01. The molecule has 0 atom stereocenters. The SMILES string of the molecule is O=C(O)c1cccc2ccc(C=Cc3ccc([N+](=O)[O-])o3)nc12. The Morgan fingerprint density at radius 1 is 1.17 bits per heavy atom. The zero-order chi connectivity index (χ0) is 16.4. The summed E-state index contributed by atoms with van der Waals surface area (Å²) < 4.78 is 5.01. The summed E-state index contributed by atoms with van der Waals surface area (Å²) in [7, 11) is 0. The molecule has 0 saturated carbocycles. The van der Waals surface area contributed by atoms with E-state index in [2.05, 4.69) is 4.98 Å². The summed E-state index contributed by atoms with van der Waals surface area (Å²) in [6, 6.07) is 11.1. The molecule has 2 heterocycles. The Bertz CT molecular complexity index is 943. The molecule has 3 aromatic rings. The van der Waals surface area contributed by atoms with E-state index in [1.54, 1.807) is 30.3 Å². The zero-order valence-electron chi connectivity index (χ0n) is 11.7. The van der Waals surface area contributed by atoms with Crippen LogP contribution in [0.5, 0.6) is 0 Å². The lowest BCUT2D eigenvalue weighted by atomic mass is 10.1. The molecule has 1 aromatic carbocycles. The van der Waals surface area contributed by atoms with Gasteiger partial charge in [0, 0.05) is 5.39 Å². The summed E-state index contributed by atoms with van der Waals surface area (Å²) in [6.45, 7) is 0. The van der Waals surface area contributed by atoms with Crippen molar-refractivity contribution in [2.75, 3.05) is 0 Å². The number of furan rings is 1. The lowest BCUT2D eigenvalue weighted by Crippen LogP contribution is -1.99. The molecular weight excluding hydrogens is 300 g/mol. The number of benzene rings is 1. The van der Waals surface area contributed by atoms with Gasteiger partial charge in [0.15, 0.2) is 0 Å². The number of aromatic nitrogens is 1. The van der Waals surface area contributed by atoms with E-state index < -0.39 is 10.9 Å². The summed E-state index contributed by atoms with van der Waals surface area (Å²) in [5.41, 5.74) is 1.02. The molecule has 23 heavy (non-hydrogen) atoms. The van der Waals surface area contributed by atoms with Gasteiger partial charge in [-0.25, -0.2) is 9.78 Å². The molecule has 0 bridgehead atoms. The molecule has 7 heteroatoms. The van der Waals surface area contributed by atoms with Crippen LogP contribution in [-0.4, -0.2) is 21.0 Å². The Balaban J connectivity index is 1.96. The molecule has 0 radical (unpaired) electrons. The Hall–Kier alpha value is -3.48. The van der Waals surface area contributed by atoms with Gasteiger partial charge in [-0.2, -0.15) is 0 Å². The number of carboxylic acid groups (broad SMARTS) is 1. The summed E-state index contributed by atoms with van der Waals surface area (Å²) in [4.78, 5) is 25.5. The second kappa shape index (κ2) is 5.72.